The van der Waals surface area contributed by atoms with E-state index in [9.17, 15) is 9.59 Å². The van der Waals surface area contributed by atoms with Crippen molar-refractivity contribution >= 4 is 12.0 Å². The van der Waals surface area contributed by atoms with Crippen LogP contribution in [0.3, 0.4) is 0 Å². The van der Waals surface area contributed by atoms with E-state index in [0.717, 1.165) is 6.54 Å². The molecule has 0 bridgehead atoms. The molecule has 0 spiro atoms. The number of amides is 2. The standard InChI is InChI=1S/C14H29N3O3/c1-10(2)17(11(3)4)9-8-16-14(20)15-7-6-12(5)13(18)19/h10-12H,6-9H2,1-5H3,(H,18,19)(H2,15,16,20). The quantitative estimate of drug-likeness (QED) is 0.600. The van der Waals surface area contributed by atoms with Crippen molar-refractivity contribution in [1.29, 1.82) is 0 Å². The molecule has 0 heterocycles. The van der Waals surface area contributed by atoms with Crippen LogP contribution in [0, 0.1) is 5.92 Å². The van der Waals surface area contributed by atoms with E-state index < -0.39 is 11.9 Å². The van der Waals surface area contributed by atoms with E-state index in [-0.39, 0.29) is 6.03 Å². The zero-order chi connectivity index (χ0) is 15.7. The van der Waals surface area contributed by atoms with Gasteiger partial charge in [0, 0.05) is 31.7 Å². The van der Waals surface area contributed by atoms with Crippen molar-refractivity contribution in [3.63, 3.8) is 0 Å². The first kappa shape index (κ1) is 18.7. The summed E-state index contributed by atoms with van der Waals surface area (Å²) >= 11 is 0. The first-order valence-corrected chi connectivity index (χ1v) is 7.26. The predicted molar refractivity (Wildman–Crippen MR) is 79.8 cm³/mol. The summed E-state index contributed by atoms with van der Waals surface area (Å²) in [7, 11) is 0. The lowest BCUT2D eigenvalue weighted by Gasteiger charge is -2.30. The number of rotatable bonds is 9. The molecule has 0 aliphatic carbocycles. The molecule has 6 nitrogen and oxygen atoms in total. The average molecular weight is 287 g/mol. The molecule has 1 unspecified atom stereocenters. The van der Waals surface area contributed by atoms with Gasteiger partial charge in [0.1, 0.15) is 0 Å². The minimum atomic E-state index is -0.836. The number of carbonyl (C=O) groups excluding carboxylic acids is 1. The van der Waals surface area contributed by atoms with Gasteiger partial charge in [-0.3, -0.25) is 9.69 Å². The fraction of sp³-hybridized carbons (Fsp3) is 0.857. The van der Waals surface area contributed by atoms with Crippen LogP contribution in [0.1, 0.15) is 41.0 Å². The normalized spacial score (nSPS) is 12.8. The first-order valence-electron chi connectivity index (χ1n) is 7.26. The summed E-state index contributed by atoms with van der Waals surface area (Å²) in [6.07, 6.45) is 0.437. The van der Waals surface area contributed by atoms with Crippen molar-refractivity contribution < 1.29 is 14.7 Å². The van der Waals surface area contributed by atoms with E-state index in [1.165, 1.54) is 0 Å². The highest BCUT2D eigenvalue weighted by atomic mass is 16.4. The van der Waals surface area contributed by atoms with Gasteiger partial charge in [0.15, 0.2) is 0 Å². The van der Waals surface area contributed by atoms with E-state index >= 15 is 0 Å². The van der Waals surface area contributed by atoms with Crippen LogP contribution in [0.15, 0.2) is 0 Å². The Bertz CT molecular complexity index is 298. The summed E-state index contributed by atoms with van der Waals surface area (Å²) in [4.78, 5) is 24.4. The van der Waals surface area contributed by atoms with Gasteiger partial charge < -0.3 is 15.7 Å². The van der Waals surface area contributed by atoms with Gasteiger partial charge in [0.2, 0.25) is 0 Å². The molecule has 6 heteroatoms. The van der Waals surface area contributed by atoms with Gasteiger partial charge >= 0.3 is 12.0 Å². The summed E-state index contributed by atoms with van der Waals surface area (Å²) in [5.41, 5.74) is 0. The molecule has 3 N–H and O–H groups in total. The van der Waals surface area contributed by atoms with Crippen molar-refractivity contribution in [1.82, 2.24) is 15.5 Å². The van der Waals surface area contributed by atoms with Crippen molar-refractivity contribution in [3.05, 3.63) is 0 Å². The second-order valence-corrected chi connectivity index (χ2v) is 5.64. The molecule has 1 atom stereocenters. The summed E-state index contributed by atoms with van der Waals surface area (Å²) < 4.78 is 0. The number of hydrogen-bond acceptors (Lipinski definition) is 3. The smallest absolute Gasteiger partial charge is 0.314 e. The zero-order valence-electron chi connectivity index (χ0n) is 13.3. The van der Waals surface area contributed by atoms with E-state index in [1.807, 2.05) is 0 Å². The highest BCUT2D eigenvalue weighted by Crippen LogP contribution is 2.03. The largest absolute Gasteiger partial charge is 0.481 e. The average Bonchev–Trinajstić information content (AvgIpc) is 2.33. The minimum Gasteiger partial charge on any atom is -0.481 e. The summed E-state index contributed by atoms with van der Waals surface area (Å²) in [5, 5.41) is 14.2. The van der Waals surface area contributed by atoms with Crippen LogP contribution in [0.4, 0.5) is 4.79 Å². The maximum atomic E-state index is 11.5. The number of nitrogens with zero attached hydrogens (tertiary/aromatic N) is 1. The second kappa shape index (κ2) is 9.58. The summed E-state index contributed by atoms with van der Waals surface area (Å²) in [6.45, 7) is 11.9. The van der Waals surface area contributed by atoms with E-state index in [4.69, 9.17) is 5.11 Å². The molecule has 0 aromatic heterocycles. The number of urea groups is 1. The number of aliphatic carboxylic acids is 1. The molecule has 2 amide bonds. The Morgan fingerprint density at radius 2 is 1.50 bits per heavy atom. The van der Waals surface area contributed by atoms with Gasteiger partial charge in [-0.1, -0.05) is 6.92 Å². The van der Waals surface area contributed by atoms with Crippen LogP contribution in [-0.2, 0) is 4.79 Å². The maximum Gasteiger partial charge on any atom is 0.314 e. The number of nitrogens with one attached hydrogen (secondary N) is 2. The topological polar surface area (TPSA) is 81.7 Å². The van der Waals surface area contributed by atoms with Crippen LogP contribution in [-0.4, -0.2) is 53.7 Å². The molecule has 0 saturated heterocycles. The molecule has 0 aliphatic heterocycles. The molecule has 118 valence electrons. The third kappa shape index (κ3) is 7.99. The lowest BCUT2D eigenvalue weighted by molar-refractivity contribution is -0.141. The third-order valence-corrected chi connectivity index (χ3v) is 3.27. The van der Waals surface area contributed by atoms with Crippen LogP contribution in [0.25, 0.3) is 0 Å². The molecule has 0 radical (unpaired) electrons. The molecular formula is C14H29N3O3. The number of hydrogen-bond donors (Lipinski definition) is 3. The molecule has 20 heavy (non-hydrogen) atoms. The fourth-order valence-corrected chi connectivity index (χ4v) is 2.00. The van der Waals surface area contributed by atoms with Crippen molar-refractivity contribution in [2.45, 2.75) is 53.1 Å². The number of carbonyl (C=O) groups is 2. The van der Waals surface area contributed by atoms with E-state index in [2.05, 4.69) is 43.2 Å². The Kier molecular flexibility index (Phi) is 8.96. The highest BCUT2D eigenvalue weighted by Gasteiger charge is 2.13. The first-order chi connectivity index (χ1) is 9.25. The molecule has 0 aromatic rings. The lowest BCUT2D eigenvalue weighted by Crippen LogP contribution is -2.45. The maximum absolute atomic E-state index is 11.5. The second-order valence-electron chi connectivity index (χ2n) is 5.64. The van der Waals surface area contributed by atoms with Crippen molar-refractivity contribution in [3.8, 4) is 0 Å². The Labute approximate surface area is 121 Å². The monoisotopic (exact) mass is 287 g/mol. The van der Waals surface area contributed by atoms with Crippen LogP contribution >= 0.6 is 0 Å². The van der Waals surface area contributed by atoms with Crippen LogP contribution in [0.2, 0.25) is 0 Å². The Balaban J connectivity index is 3.80. The Hall–Kier alpha value is -1.30. The summed E-state index contributed by atoms with van der Waals surface area (Å²) in [5.74, 6) is -1.27. The van der Waals surface area contributed by atoms with E-state index in [1.54, 1.807) is 6.92 Å². The van der Waals surface area contributed by atoms with E-state index in [0.29, 0.717) is 31.6 Å². The molecule has 0 aliphatic rings. The number of carboxylic acid groups (broad SMARTS) is 1. The van der Waals surface area contributed by atoms with Gasteiger partial charge in [-0.15, -0.1) is 0 Å². The Morgan fingerprint density at radius 3 is 1.95 bits per heavy atom. The molecule has 0 rings (SSSR count). The third-order valence-electron chi connectivity index (χ3n) is 3.27. The molecule has 0 aromatic carbocycles. The lowest BCUT2D eigenvalue weighted by atomic mass is 10.1. The van der Waals surface area contributed by atoms with Crippen LogP contribution in [0.5, 0.6) is 0 Å². The predicted octanol–water partition coefficient (Wildman–Crippen LogP) is 1.52. The molecular weight excluding hydrogens is 258 g/mol. The fourth-order valence-electron chi connectivity index (χ4n) is 2.00. The summed E-state index contributed by atoms with van der Waals surface area (Å²) in [6, 6.07) is 0.641. The number of carboxylic acids is 1. The van der Waals surface area contributed by atoms with Gasteiger partial charge in [0.05, 0.1) is 5.92 Å². The van der Waals surface area contributed by atoms with Gasteiger partial charge in [-0.05, 0) is 34.1 Å². The van der Waals surface area contributed by atoms with Gasteiger partial charge in [-0.25, -0.2) is 4.79 Å². The van der Waals surface area contributed by atoms with Crippen molar-refractivity contribution in [2.75, 3.05) is 19.6 Å². The molecule has 0 fully saturated rings. The SMILES string of the molecule is CC(CCNC(=O)NCCN(C(C)C)C(C)C)C(=O)O. The Morgan fingerprint density at radius 1 is 1.00 bits per heavy atom. The van der Waals surface area contributed by atoms with Gasteiger partial charge in [0.25, 0.3) is 0 Å². The zero-order valence-corrected chi connectivity index (χ0v) is 13.3. The van der Waals surface area contributed by atoms with Crippen LogP contribution < -0.4 is 10.6 Å². The van der Waals surface area contributed by atoms with Crippen molar-refractivity contribution in [2.24, 2.45) is 5.92 Å². The minimum absolute atomic E-state index is 0.241. The molecule has 0 saturated carbocycles. The highest BCUT2D eigenvalue weighted by molar-refractivity contribution is 5.74. The van der Waals surface area contributed by atoms with Gasteiger partial charge in [-0.2, -0.15) is 0 Å².